The van der Waals surface area contributed by atoms with Gasteiger partial charge in [-0.2, -0.15) is 5.10 Å². The molecule has 1 N–H and O–H groups in total. The number of nitrogens with zero attached hydrogens (tertiary/aromatic N) is 2. The summed E-state index contributed by atoms with van der Waals surface area (Å²) < 4.78 is 7.51. The lowest BCUT2D eigenvalue weighted by Gasteiger charge is -2.21. The van der Waals surface area contributed by atoms with Crippen molar-refractivity contribution in [1.82, 2.24) is 15.1 Å². The first-order valence-corrected chi connectivity index (χ1v) is 7.11. The maximum Gasteiger partial charge on any atom is 0.0638 e. The van der Waals surface area contributed by atoms with Crippen molar-refractivity contribution in [2.24, 2.45) is 5.92 Å². The van der Waals surface area contributed by atoms with Gasteiger partial charge in [-0.1, -0.05) is 6.92 Å². The molecule has 1 aliphatic rings. The molecule has 0 spiro atoms. The molecule has 2 rings (SSSR count). The molecule has 0 unspecified atom stereocenters. The second-order valence-electron chi connectivity index (χ2n) is 5.19. The van der Waals surface area contributed by atoms with E-state index in [2.05, 4.69) is 35.1 Å². The number of nitrogens with one attached hydrogen (secondary N) is 1. The lowest BCUT2D eigenvalue weighted by molar-refractivity contribution is 0.0601. The highest BCUT2D eigenvalue weighted by atomic mass is 16.5. The third-order valence-corrected chi connectivity index (χ3v) is 3.58. The van der Waals surface area contributed by atoms with E-state index in [0.717, 1.165) is 44.5 Å². The fourth-order valence-electron chi connectivity index (χ4n) is 2.42. The van der Waals surface area contributed by atoms with E-state index < -0.39 is 0 Å². The standard InChI is InChI=1S/C14H25N3O/c1-3-6-15-9-14-11-17(16-12(14)2)10-13-4-7-18-8-5-13/h11,13,15H,3-10H2,1-2H3. The predicted octanol–water partition coefficient (Wildman–Crippen LogP) is 2.12. The van der Waals surface area contributed by atoms with Gasteiger partial charge in [0.1, 0.15) is 0 Å². The summed E-state index contributed by atoms with van der Waals surface area (Å²) in [7, 11) is 0. The summed E-state index contributed by atoms with van der Waals surface area (Å²) in [5.74, 6) is 0.731. The Labute approximate surface area is 110 Å². The molecule has 1 aromatic rings. The molecular weight excluding hydrogens is 226 g/mol. The second-order valence-corrected chi connectivity index (χ2v) is 5.19. The molecule has 1 aliphatic heterocycles. The van der Waals surface area contributed by atoms with Crippen LogP contribution in [0, 0.1) is 12.8 Å². The predicted molar refractivity (Wildman–Crippen MR) is 72.5 cm³/mol. The van der Waals surface area contributed by atoms with Gasteiger partial charge in [0.15, 0.2) is 0 Å². The Bertz CT molecular complexity index is 356. The van der Waals surface area contributed by atoms with E-state index in [9.17, 15) is 0 Å². The van der Waals surface area contributed by atoms with Crippen molar-refractivity contribution >= 4 is 0 Å². The number of hydrogen-bond acceptors (Lipinski definition) is 3. The van der Waals surface area contributed by atoms with Crippen molar-refractivity contribution in [2.45, 2.75) is 46.2 Å². The SMILES string of the molecule is CCCNCc1cn(CC2CCOCC2)nc1C. The zero-order chi connectivity index (χ0) is 12.8. The van der Waals surface area contributed by atoms with Crippen LogP contribution in [0.2, 0.25) is 0 Å². The van der Waals surface area contributed by atoms with Crippen LogP contribution in [0.15, 0.2) is 6.20 Å². The van der Waals surface area contributed by atoms with Crippen LogP contribution in [-0.2, 0) is 17.8 Å². The highest BCUT2D eigenvalue weighted by molar-refractivity contribution is 5.15. The van der Waals surface area contributed by atoms with Gasteiger partial charge in [0, 0.05) is 38.1 Å². The van der Waals surface area contributed by atoms with E-state index in [1.807, 2.05) is 0 Å². The quantitative estimate of drug-likeness (QED) is 0.787. The van der Waals surface area contributed by atoms with E-state index in [0.29, 0.717) is 0 Å². The summed E-state index contributed by atoms with van der Waals surface area (Å²) in [5.41, 5.74) is 2.49. The third-order valence-electron chi connectivity index (χ3n) is 3.58. The summed E-state index contributed by atoms with van der Waals surface area (Å²) >= 11 is 0. The van der Waals surface area contributed by atoms with Gasteiger partial charge < -0.3 is 10.1 Å². The number of aryl methyl sites for hydroxylation is 1. The number of rotatable bonds is 6. The highest BCUT2D eigenvalue weighted by Crippen LogP contribution is 2.17. The van der Waals surface area contributed by atoms with Gasteiger partial charge in [-0.15, -0.1) is 0 Å². The Kier molecular flexibility index (Phi) is 5.20. The highest BCUT2D eigenvalue weighted by Gasteiger charge is 2.15. The molecule has 0 radical (unpaired) electrons. The summed E-state index contributed by atoms with van der Waals surface area (Å²) in [5, 5.41) is 8.06. The molecule has 1 fully saturated rings. The Morgan fingerprint density at radius 1 is 1.44 bits per heavy atom. The van der Waals surface area contributed by atoms with E-state index in [4.69, 9.17) is 4.74 Å². The van der Waals surface area contributed by atoms with Gasteiger partial charge >= 0.3 is 0 Å². The topological polar surface area (TPSA) is 39.1 Å². The van der Waals surface area contributed by atoms with Crippen molar-refractivity contribution in [1.29, 1.82) is 0 Å². The van der Waals surface area contributed by atoms with Crippen molar-refractivity contribution in [3.8, 4) is 0 Å². The minimum Gasteiger partial charge on any atom is -0.381 e. The van der Waals surface area contributed by atoms with Crippen LogP contribution >= 0.6 is 0 Å². The number of hydrogen-bond donors (Lipinski definition) is 1. The first kappa shape index (κ1) is 13.6. The van der Waals surface area contributed by atoms with Gasteiger partial charge in [0.05, 0.1) is 5.69 Å². The molecule has 1 saturated heterocycles. The fraction of sp³-hybridized carbons (Fsp3) is 0.786. The summed E-state index contributed by atoms with van der Waals surface area (Å²) in [6.45, 7) is 9.17. The molecule has 0 amide bonds. The molecule has 0 atom stereocenters. The second kappa shape index (κ2) is 6.90. The van der Waals surface area contributed by atoms with Crippen molar-refractivity contribution in [3.63, 3.8) is 0 Å². The van der Waals surface area contributed by atoms with Crippen LogP contribution in [0.25, 0.3) is 0 Å². The Balaban J connectivity index is 1.86. The average Bonchev–Trinajstić information content (AvgIpc) is 2.71. The van der Waals surface area contributed by atoms with Crippen LogP contribution in [0.4, 0.5) is 0 Å². The summed E-state index contributed by atoms with van der Waals surface area (Å²) in [4.78, 5) is 0. The monoisotopic (exact) mass is 251 g/mol. The summed E-state index contributed by atoms with van der Waals surface area (Å²) in [6.07, 6.45) is 5.72. The normalized spacial score (nSPS) is 17.2. The Morgan fingerprint density at radius 3 is 2.94 bits per heavy atom. The lowest BCUT2D eigenvalue weighted by Crippen LogP contribution is -2.20. The zero-order valence-corrected chi connectivity index (χ0v) is 11.6. The Morgan fingerprint density at radius 2 is 2.22 bits per heavy atom. The molecule has 4 nitrogen and oxygen atoms in total. The smallest absolute Gasteiger partial charge is 0.0638 e. The molecule has 0 saturated carbocycles. The maximum atomic E-state index is 5.39. The Hall–Kier alpha value is -0.870. The van der Waals surface area contributed by atoms with E-state index >= 15 is 0 Å². The molecule has 0 aromatic carbocycles. The largest absolute Gasteiger partial charge is 0.381 e. The molecule has 0 bridgehead atoms. The van der Waals surface area contributed by atoms with Gasteiger partial charge in [0.25, 0.3) is 0 Å². The van der Waals surface area contributed by atoms with Crippen molar-refractivity contribution < 1.29 is 4.74 Å². The van der Waals surface area contributed by atoms with Crippen molar-refractivity contribution in [3.05, 3.63) is 17.5 Å². The average molecular weight is 251 g/mol. The van der Waals surface area contributed by atoms with Crippen LogP contribution in [0.1, 0.15) is 37.4 Å². The van der Waals surface area contributed by atoms with E-state index in [-0.39, 0.29) is 0 Å². The first-order valence-electron chi connectivity index (χ1n) is 7.11. The van der Waals surface area contributed by atoms with Crippen LogP contribution < -0.4 is 5.32 Å². The molecule has 0 aliphatic carbocycles. The van der Waals surface area contributed by atoms with Crippen LogP contribution in [-0.4, -0.2) is 29.5 Å². The molecular formula is C14H25N3O. The van der Waals surface area contributed by atoms with Gasteiger partial charge in [-0.25, -0.2) is 0 Å². The minimum atomic E-state index is 0.731. The number of aromatic nitrogens is 2. The summed E-state index contributed by atoms with van der Waals surface area (Å²) in [6, 6.07) is 0. The zero-order valence-electron chi connectivity index (χ0n) is 11.6. The molecule has 4 heteroatoms. The molecule has 1 aromatic heterocycles. The van der Waals surface area contributed by atoms with Gasteiger partial charge in [-0.3, -0.25) is 4.68 Å². The minimum absolute atomic E-state index is 0.731. The molecule has 102 valence electrons. The molecule has 18 heavy (non-hydrogen) atoms. The maximum absolute atomic E-state index is 5.39. The van der Waals surface area contributed by atoms with Gasteiger partial charge in [0.2, 0.25) is 0 Å². The third kappa shape index (κ3) is 3.82. The molecule has 2 heterocycles. The number of ether oxygens (including phenoxy) is 1. The fourth-order valence-corrected chi connectivity index (χ4v) is 2.42. The van der Waals surface area contributed by atoms with Gasteiger partial charge in [-0.05, 0) is 38.6 Å². The first-order chi connectivity index (χ1) is 8.79. The van der Waals surface area contributed by atoms with Crippen LogP contribution in [0.5, 0.6) is 0 Å². The van der Waals surface area contributed by atoms with E-state index in [1.165, 1.54) is 24.8 Å². The van der Waals surface area contributed by atoms with Crippen LogP contribution in [0.3, 0.4) is 0 Å². The lowest BCUT2D eigenvalue weighted by atomic mass is 10.0. The van der Waals surface area contributed by atoms with E-state index in [1.54, 1.807) is 0 Å². The van der Waals surface area contributed by atoms with Crippen molar-refractivity contribution in [2.75, 3.05) is 19.8 Å².